The third kappa shape index (κ3) is 3.26. The van der Waals surface area contributed by atoms with E-state index in [2.05, 4.69) is 4.72 Å². The van der Waals surface area contributed by atoms with Crippen molar-refractivity contribution in [3.05, 3.63) is 53.6 Å². The molecule has 0 saturated carbocycles. The molecule has 1 atom stereocenters. The maximum atomic E-state index is 12.4. The van der Waals surface area contributed by atoms with Crippen molar-refractivity contribution in [1.29, 1.82) is 0 Å². The molecule has 2 aromatic rings. The summed E-state index contributed by atoms with van der Waals surface area (Å²) in [6.45, 7) is 0.244. The highest BCUT2D eigenvalue weighted by Crippen LogP contribution is 2.39. The van der Waals surface area contributed by atoms with Gasteiger partial charge in [-0.2, -0.15) is 0 Å². The molecular weight excluding hydrogens is 350 g/mol. The highest BCUT2D eigenvalue weighted by Gasteiger charge is 2.25. The molecule has 126 valence electrons. The first-order chi connectivity index (χ1) is 11.4. The van der Waals surface area contributed by atoms with Crippen molar-refractivity contribution in [2.24, 2.45) is 0 Å². The number of sulfonamides is 1. The number of carboxylic acid groups (broad SMARTS) is 1. The second kappa shape index (κ2) is 6.46. The van der Waals surface area contributed by atoms with Gasteiger partial charge in [-0.15, -0.1) is 11.8 Å². The van der Waals surface area contributed by atoms with E-state index in [4.69, 9.17) is 5.11 Å². The third-order valence-corrected chi connectivity index (χ3v) is 6.50. The molecule has 0 radical (unpaired) electrons. The molecule has 1 heterocycles. The van der Waals surface area contributed by atoms with E-state index in [1.807, 2.05) is 24.3 Å². The molecule has 3 N–H and O–H groups in total. The fraction of sp³-hybridized carbons (Fsp3) is 0.188. The summed E-state index contributed by atoms with van der Waals surface area (Å²) in [6, 6.07) is 11.1. The molecule has 0 saturated heterocycles. The van der Waals surface area contributed by atoms with Gasteiger partial charge in [-0.1, -0.05) is 18.2 Å². The molecular formula is C16H15NO5S2. The quantitative estimate of drug-likeness (QED) is 0.751. The van der Waals surface area contributed by atoms with Gasteiger partial charge >= 0.3 is 5.97 Å². The smallest absolute Gasteiger partial charge is 0.339 e. The number of fused-ring (bicyclic) bond motifs is 1. The molecule has 24 heavy (non-hydrogen) atoms. The zero-order valence-corrected chi connectivity index (χ0v) is 14.1. The average Bonchev–Trinajstić information content (AvgIpc) is 2.96. The van der Waals surface area contributed by atoms with E-state index in [0.29, 0.717) is 0 Å². The lowest BCUT2D eigenvalue weighted by molar-refractivity contribution is 0.0693. The third-order valence-electron chi connectivity index (χ3n) is 3.83. The zero-order chi connectivity index (χ0) is 17.3. The fourth-order valence-electron chi connectivity index (χ4n) is 2.55. The first-order valence-electron chi connectivity index (χ1n) is 7.16. The normalized spacial score (nSPS) is 16.8. The predicted molar refractivity (Wildman–Crippen MR) is 90.2 cm³/mol. The van der Waals surface area contributed by atoms with Crippen molar-refractivity contribution >= 4 is 27.8 Å². The van der Waals surface area contributed by atoms with E-state index in [-0.39, 0.29) is 22.9 Å². The van der Waals surface area contributed by atoms with Crippen LogP contribution in [0.1, 0.15) is 21.8 Å². The maximum absolute atomic E-state index is 12.4. The average molecular weight is 365 g/mol. The fourth-order valence-corrected chi connectivity index (χ4v) is 4.91. The van der Waals surface area contributed by atoms with Crippen molar-refractivity contribution in [2.75, 3.05) is 12.3 Å². The Morgan fingerprint density at radius 2 is 2.00 bits per heavy atom. The van der Waals surface area contributed by atoms with Crippen LogP contribution in [0.2, 0.25) is 0 Å². The summed E-state index contributed by atoms with van der Waals surface area (Å²) in [6.07, 6.45) is 0. The number of nitrogens with one attached hydrogen (secondary N) is 1. The number of phenols is 1. The van der Waals surface area contributed by atoms with Gasteiger partial charge in [0.1, 0.15) is 11.3 Å². The lowest BCUT2D eigenvalue weighted by atomic mass is 10.0. The number of benzene rings is 2. The lowest BCUT2D eigenvalue weighted by Gasteiger charge is -2.13. The molecule has 0 aliphatic carbocycles. The number of hydrogen-bond acceptors (Lipinski definition) is 5. The van der Waals surface area contributed by atoms with Gasteiger partial charge in [0, 0.05) is 29.2 Å². The summed E-state index contributed by atoms with van der Waals surface area (Å²) >= 11 is 1.69. The minimum Gasteiger partial charge on any atom is -0.507 e. The molecule has 0 spiro atoms. The van der Waals surface area contributed by atoms with Crippen LogP contribution in [0.3, 0.4) is 0 Å². The summed E-state index contributed by atoms with van der Waals surface area (Å²) in [5, 5.41) is 18.5. The maximum Gasteiger partial charge on any atom is 0.339 e. The van der Waals surface area contributed by atoms with Gasteiger partial charge in [-0.25, -0.2) is 17.9 Å². The number of rotatable bonds is 5. The Morgan fingerprint density at radius 3 is 2.71 bits per heavy atom. The Balaban J connectivity index is 1.76. The van der Waals surface area contributed by atoms with Gasteiger partial charge in [0.15, 0.2) is 0 Å². The molecule has 3 rings (SSSR count). The minimum atomic E-state index is -3.83. The topological polar surface area (TPSA) is 104 Å². The Labute approximate surface area is 143 Å². The zero-order valence-electron chi connectivity index (χ0n) is 12.5. The standard InChI is InChI=1S/C16H15NO5S2/c18-14-7-11(5-6-13(14)16(19)20)24(21,22)17-8-10-9-23-15-4-2-1-3-12(10)15/h1-7,10,17-18H,8-9H2,(H,19,20). The number of thioether (sulfide) groups is 1. The van der Waals surface area contributed by atoms with Crippen LogP contribution in [-0.2, 0) is 10.0 Å². The van der Waals surface area contributed by atoms with Gasteiger partial charge < -0.3 is 10.2 Å². The molecule has 0 bridgehead atoms. The summed E-state index contributed by atoms with van der Waals surface area (Å²) < 4.78 is 27.2. The van der Waals surface area contributed by atoms with Crippen LogP contribution in [0.5, 0.6) is 5.75 Å². The summed E-state index contributed by atoms with van der Waals surface area (Å²) in [5.74, 6) is -1.02. The van der Waals surface area contributed by atoms with Crippen molar-refractivity contribution in [3.8, 4) is 5.75 Å². The van der Waals surface area contributed by atoms with Crippen molar-refractivity contribution in [1.82, 2.24) is 4.72 Å². The molecule has 0 amide bonds. The van der Waals surface area contributed by atoms with Crippen LogP contribution >= 0.6 is 11.8 Å². The molecule has 1 unspecified atom stereocenters. The molecule has 8 heteroatoms. The molecule has 1 aliphatic heterocycles. The Kier molecular flexibility index (Phi) is 4.53. The van der Waals surface area contributed by atoms with Gasteiger partial charge in [-0.05, 0) is 23.8 Å². The highest BCUT2D eigenvalue weighted by molar-refractivity contribution is 7.99. The first kappa shape index (κ1) is 16.8. The van der Waals surface area contributed by atoms with Gasteiger partial charge in [0.2, 0.25) is 10.0 Å². The Bertz CT molecular complexity index is 895. The van der Waals surface area contributed by atoms with Crippen molar-refractivity contribution < 1.29 is 23.4 Å². The van der Waals surface area contributed by atoms with Crippen LogP contribution in [0.4, 0.5) is 0 Å². The van der Waals surface area contributed by atoms with Gasteiger partial charge in [0.25, 0.3) is 0 Å². The van der Waals surface area contributed by atoms with Crippen LogP contribution in [0, 0.1) is 0 Å². The number of aromatic carboxylic acids is 1. The summed E-state index contributed by atoms with van der Waals surface area (Å²) in [4.78, 5) is 11.9. The number of hydrogen-bond donors (Lipinski definition) is 3. The molecule has 2 aromatic carbocycles. The SMILES string of the molecule is O=C(O)c1ccc(S(=O)(=O)NCC2CSc3ccccc32)cc1O. The second-order valence-electron chi connectivity index (χ2n) is 5.38. The first-order valence-corrected chi connectivity index (χ1v) is 9.63. The summed E-state index contributed by atoms with van der Waals surface area (Å²) in [5.41, 5.74) is 0.782. The van der Waals surface area contributed by atoms with Gasteiger partial charge in [-0.3, -0.25) is 0 Å². The van der Waals surface area contributed by atoms with Crippen LogP contribution in [0.15, 0.2) is 52.3 Å². The van der Waals surface area contributed by atoms with E-state index in [0.717, 1.165) is 28.3 Å². The largest absolute Gasteiger partial charge is 0.507 e. The van der Waals surface area contributed by atoms with E-state index < -0.39 is 21.7 Å². The monoisotopic (exact) mass is 365 g/mol. The van der Waals surface area contributed by atoms with E-state index in [1.54, 1.807) is 11.8 Å². The molecule has 1 aliphatic rings. The Hall–Kier alpha value is -2.03. The highest BCUT2D eigenvalue weighted by atomic mass is 32.2. The second-order valence-corrected chi connectivity index (χ2v) is 8.21. The van der Waals surface area contributed by atoms with Crippen LogP contribution in [0.25, 0.3) is 0 Å². The van der Waals surface area contributed by atoms with Crippen LogP contribution < -0.4 is 4.72 Å². The molecule has 6 nitrogen and oxygen atoms in total. The van der Waals surface area contributed by atoms with Gasteiger partial charge in [0.05, 0.1) is 4.90 Å². The Morgan fingerprint density at radius 1 is 1.25 bits per heavy atom. The molecule has 0 fully saturated rings. The lowest BCUT2D eigenvalue weighted by Crippen LogP contribution is -2.28. The van der Waals surface area contributed by atoms with Crippen LogP contribution in [-0.4, -0.2) is 36.9 Å². The number of aromatic hydroxyl groups is 1. The van der Waals surface area contributed by atoms with E-state index in [1.165, 1.54) is 6.07 Å². The predicted octanol–water partition coefficient (Wildman–Crippen LogP) is 2.26. The summed E-state index contributed by atoms with van der Waals surface area (Å²) in [7, 11) is -3.83. The number of carboxylic acids is 1. The van der Waals surface area contributed by atoms with Crippen molar-refractivity contribution in [2.45, 2.75) is 15.7 Å². The van der Waals surface area contributed by atoms with E-state index >= 15 is 0 Å². The van der Waals surface area contributed by atoms with E-state index in [9.17, 15) is 18.3 Å². The minimum absolute atomic E-state index is 0.0767. The van der Waals surface area contributed by atoms with Crippen molar-refractivity contribution in [3.63, 3.8) is 0 Å². The molecule has 0 aromatic heterocycles. The number of carbonyl (C=O) groups is 1.